The lowest BCUT2D eigenvalue weighted by atomic mass is 10.1. The van der Waals surface area contributed by atoms with Crippen molar-refractivity contribution < 1.29 is 27.1 Å². The van der Waals surface area contributed by atoms with E-state index in [2.05, 4.69) is 5.32 Å². The van der Waals surface area contributed by atoms with E-state index in [1.165, 1.54) is 17.0 Å². The Morgan fingerprint density at radius 1 is 1.00 bits per heavy atom. The van der Waals surface area contributed by atoms with Crippen LogP contribution in [0.2, 0.25) is 10.0 Å². The number of sulfonamides is 1. The van der Waals surface area contributed by atoms with Gasteiger partial charge < -0.3 is 15.0 Å². The molecule has 3 aromatic carbocycles. The fourth-order valence-electron chi connectivity index (χ4n) is 4.95. The summed E-state index contributed by atoms with van der Waals surface area (Å²) in [5.41, 5.74) is 0.802. The summed E-state index contributed by atoms with van der Waals surface area (Å²) in [4.78, 5) is 28.5. The molecule has 0 heterocycles. The van der Waals surface area contributed by atoms with Crippen molar-refractivity contribution in [1.29, 1.82) is 0 Å². The third-order valence-electron chi connectivity index (χ3n) is 7.32. The van der Waals surface area contributed by atoms with Crippen molar-refractivity contribution in [3.05, 3.63) is 88.2 Å². The number of hydrogen-bond acceptors (Lipinski definition) is 5. The van der Waals surface area contributed by atoms with Crippen LogP contribution in [0.1, 0.15) is 45.1 Å². The third kappa shape index (κ3) is 8.19. The maximum Gasteiger partial charge on any atom is 0.264 e. The van der Waals surface area contributed by atoms with Crippen LogP contribution in [-0.2, 0) is 26.2 Å². The number of halogens is 3. The second kappa shape index (κ2) is 14.4. The fraction of sp³-hybridized carbons (Fsp3) is 0.355. The topological polar surface area (TPSA) is 96.0 Å². The second-order valence-corrected chi connectivity index (χ2v) is 13.0. The maximum atomic E-state index is 14.1. The van der Waals surface area contributed by atoms with Gasteiger partial charge >= 0.3 is 0 Å². The lowest BCUT2D eigenvalue weighted by Crippen LogP contribution is -2.52. The summed E-state index contributed by atoms with van der Waals surface area (Å²) in [5, 5.41) is 3.64. The zero-order valence-corrected chi connectivity index (χ0v) is 26.3. The van der Waals surface area contributed by atoms with Crippen molar-refractivity contribution in [3.63, 3.8) is 0 Å². The molecule has 230 valence electrons. The van der Waals surface area contributed by atoms with Crippen LogP contribution in [0.25, 0.3) is 0 Å². The molecule has 43 heavy (non-hydrogen) atoms. The lowest BCUT2D eigenvalue weighted by Gasteiger charge is -2.32. The number of rotatable bonds is 12. The Morgan fingerprint density at radius 3 is 2.26 bits per heavy atom. The van der Waals surface area contributed by atoms with Crippen molar-refractivity contribution in [3.8, 4) is 5.75 Å². The number of amides is 2. The molecule has 0 aromatic heterocycles. The summed E-state index contributed by atoms with van der Waals surface area (Å²) >= 11 is 12.3. The van der Waals surface area contributed by atoms with E-state index < -0.39 is 34.3 Å². The molecule has 1 aliphatic carbocycles. The largest absolute Gasteiger partial charge is 0.494 e. The summed E-state index contributed by atoms with van der Waals surface area (Å²) in [6, 6.07) is 14.6. The van der Waals surface area contributed by atoms with Crippen molar-refractivity contribution in [2.24, 2.45) is 0 Å². The first kappa shape index (κ1) is 32.6. The normalized spacial score (nSPS) is 14.3. The molecule has 1 N–H and O–H groups in total. The van der Waals surface area contributed by atoms with Gasteiger partial charge in [0.1, 0.15) is 24.2 Å². The molecular formula is C31H34Cl2FN3O5S. The molecule has 0 bridgehead atoms. The van der Waals surface area contributed by atoms with E-state index in [1.807, 2.05) is 6.92 Å². The van der Waals surface area contributed by atoms with Gasteiger partial charge in [0.15, 0.2) is 0 Å². The number of ether oxygens (including phenoxy) is 1. The fourth-order valence-corrected chi connectivity index (χ4v) is 6.68. The Morgan fingerprint density at radius 2 is 1.65 bits per heavy atom. The zero-order chi connectivity index (χ0) is 31.1. The molecule has 0 radical (unpaired) electrons. The van der Waals surface area contributed by atoms with Crippen molar-refractivity contribution in [2.45, 2.75) is 63.1 Å². The van der Waals surface area contributed by atoms with Crippen LogP contribution >= 0.6 is 23.2 Å². The molecule has 1 atom stereocenters. The molecular weight excluding hydrogens is 616 g/mol. The van der Waals surface area contributed by atoms with Gasteiger partial charge in [0.25, 0.3) is 10.0 Å². The predicted octanol–water partition coefficient (Wildman–Crippen LogP) is 6.20. The number of nitrogens with zero attached hydrogens (tertiary/aromatic N) is 2. The Balaban J connectivity index is 1.70. The first-order valence-corrected chi connectivity index (χ1v) is 16.2. The van der Waals surface area contributed by atoms with Gasteiger partial charge in [-0.25, -0.2) is 12.8 Å². The Bertz CT molecular complexity index is 1530. The highest BCUT2D eigenvalue weighted by Gasteiger charge is 2.33. The van der Waals surface area contributed by atoms with Crippen molar-refractivity contribution in [1.82, 2.24) is 10.2 Å². The second-order valence-electron chi connectivity index (χ2n) is 10.3. The number of anilines is 1. The van der Waals surface area contributed by atoms with Gasteiger partial charge in [-0.1, -0.05) is 42.1 Å². The van der Waals surface area contributed by atoms with Gasteiger partial charge in [-0.05, 0) is 92.9 Å². The standard InChI is InChI=1S/C31H34Cl2FN3O5S/c1-3-42-26-13-11-25(12-14-26)37(43(40,41)27-15-9-23(34)10-16-27)20-30(38)36(19-22-8-17-28(32)29(33)18-22)21(2)31(39)35-24-6-4-5-7-24/h8-18,21,24H,3-7,19-20H2,1-2H3,(H,35,39)/t21-/m1/s1. The first-order chi connectivity index (χ1) is 20.5. The van der Waals surface area contributed by atoms with Crippen molar-refractivity contribution >= 4 is 50.7 Å². The third-order valence-corrected chi connectivity index (χ3v) is 9.85. The molecule has 1 fully saturated rings. The molecule has 0 unspecified atom stereocenters. The molecule has 0 saturated heterocycles. The molecule has 0 spiro atoms. The van der Waals surface area contributed by atoms with Gasteiger partial charge in [0.05, 0.1) is 27.2 Å². The smallest absolute Gasteiger partial charge is 0.264 e. The highest BCUT2D eigenvalue weighted by molar-refractivity contribution is 7.92. The summed E-state index contributed by atoms with van der Waals surface area (Å²) in [6.07, 6.45) is 3.76. The van der Waals surface area contributed by atoms with E-state index in [-0.39, 0.29) is 34.1 Å². The molecule has 4 rings (SSSR count). The van der Waals surface area contributed by atoms with Crippen LogP contribution < -0.4 is 14.4 Å². The van der Waals surface area contributed by atoms with Crippen molar-refractivity contribution in [2.75, 3.05) is 17.5 Å². The summed E-state index contributed by atoms with van der Waals surface area (Å²) in [6.45, 7) is 3.19. The van der Waals surface area contributed by atoms with E-state index in [0.717, 1.165) is 54.3 Å². The summed E-state index contributed by atoms with van der Waals surface area (Å²) in [7, 11) is -4.34. The predicted molar refractivity (Wildman–Crippen MR) is 165 cm³/mol. The van der Waals surface area contributed by atoms with E-state index in [1.54, 1.807) is 37.3 Å². The Kier molecular flexibility index (Phi) is 10.9. The van der Waals surface area contributed by atoms with Crippen LogP contribution in [0.15, 0.2) is 71.6 Å². The van der Waals surface area contributed by atoms with Gasteiger partial charge in [-0.2, -0.15) is 0 Å². The quantitative estimate of drug-likeness (QED) is 0.252. The van der Waals surface area contributed by atoms with Gasteiger partial charge in [-0.3, -0.25) is 13.9 Å². The van der Waals surface area contributed by atoms with E-state index in [0.29, 0.717) is 22.9 Å². The SMILES string of the molecule is CCOc1ccc(N(CC(=O)N(Cc2ccc(Cl)c(Cl)c2)[C@H](C)C(=O)NC2CCCC2)S(=O)(=O)c2ccc(F)cc2)cc1. The van der Waals surface area contributed by atoms with Crippen LogP contribution in [0.5, 0.6) is 5.75 Å². The minimum absolute atomic E-state index is 0.0242. The average molecular weight is 651 g/mol. The molecule has 2 amide bonds. The van der Waals surface area contributed by atoms with E-state index in [9.17, 15) is 22.4 Å². The average Bonchev–Trinajstić information content (AvgIpc) is 3.50. The Hall–Kier alpha value is -3.34. The van der Waals surface area contributed by atoms with Gasteiger partial charge in [0.2, 0.25) is 11.8 Å². The van der Waals surface area contributed by atoms with Crippen LogP contribution in [0, 0.1) is 5.82 Å². The monoisotopic (exact) mass is 649 g/mol. The number of carbonyl (C=O) groups is 2. The molecule has 0 aliphatic heterocycles. The molecule has 12 heteroatoms. The van der Waals surface area contributed by atoms with Crippen LogP contribution in [-0.4, -0.2) is 50.4 Å². The number of benzene rings is 3. The summed E-state index contributed by atoms with van der Waals surface area (Å²) in [5.74, 6) is -1.04. The van der Waals surface area contributed by atoms with E-state index in [4.69, 9.17) is 27.9 Å². The molecule has 8 nitrogen and oxygen atoms in total. The highest BCUT2D eigenvalue weighted by Crippen LogP contribution is 2.28. The van der Waals surface area contributed by atoms with Gasteiger partial charge in [0, 0.05) is 12.6 Å². The summed E-state index contributed by atoms with van der Waals surface area (Å²) < 4.78 is 47.9. The van der Waals surface area contributed by atoms with E-state index >= 15 is 0 Å². The molecule has 1 saturated carbocycles. The molecule has 3 aromatic rings. The minimum Gasteiger partial charge on any atom is -0.494 e. The van der Waals surface area contributed by atoms with Crippen LogP contribution in [0.4, 0.5) is 10.1 Å². The first-order valence-electron chi connectivity index (χ1n) is 14.0. The Labute approximate surface area is 261 Å². The minimum atomic E-state index is -4.34. The number of carbonyl (C=O) groups excluding carboxylic acids is 2. The molecule has 1 aliphatic rings. The van der Waals surface area contributed by atoms with Gasteiger partial charge in [-0.15, -0.1) is 0 Å². The number of hydrogen-bond donors (Lipinski definition) is 1. The maximum absolute atomic E-state index is 14.1. The number of nitrogens with one attached hydrogen (secondary N) is 1. The zero-order valence-electron chi connectivity index (χ0n) is 23.9. The van der Waals surface area contributed by atoms with Crippen LogP contribution in [0.3, 0.4) is 0 Å². The highest BCUT2D eigenvalue weighted by atomic mass is 35.5. The lowest BCUT2D eigenvalue weighted by molar-refractivity contribution is -0.139.